The number of nitrogens with two attached hydrogens (primary N) is 1. The number of ether oxygens (including phenoxy) is 1. The number of anilines is 1. The van der Waals surface area contributed by atoms with E-state index in [-0.39, 0.29) is 5.92 Å². The van der Waals surface area contributed by atoms with Crippen LogP contribution in [0.1, 0.15) is 18.4 Å². The molecule has 6 heteroatoms. The van der Waals surface area contributed by atoms with Crippen LogP contribution >= 0.6 is 0 Å². The van der Waals surface area contributed by atoms with Crippen LogP contribution in [-0.4, -0.2) is 38.7 Å². The molecule has 1 aromatic carbocycles. The summed E-state index contributed by atoms with van der Waals surface area (Å²) in [7, 11) is -3.08. The van der Waals surface area contributed by atoms with Crippen molar-refractivity contribution in [3.05, 3.63) is 29.8 Å². The second-order valence-electron chi connectivity index (χ2n) is 5.39. The van der Waals surface area contributed by atoms with E-state index in [1.807, 2.05) is 24.3 Å². The molecule has 0 amide bonds. The van der Waals surface area contributed by atoms with Crippen LogP contribution in [0.15, 0.2) is 24.3 Å². The van der Waals surface area contributed by atoms with Gasteiger partial charge >= 0.3 is 0 Å². The van der Waals surface area contributed by atoms with Gasteiger partial charge in [0.05, 0.1) is 19.5 Å². The van der Waals surface area contributed by atoms with E-state index < -0.39 is 10.0 Å². The summed E-state index contributed by atoms with van der Waals surface area (Å²) in [6.07, 6.45) is 3.20. The lowest BCUT2D eigenvalue weighted by atomic mass is 10.0. The molecule has 1 fully saturated rings. The van der Waals surface area contributed by atoms with Crippen LogP contribution in [0.25, 0.3) is 0 Å². The second-order valence-corrected chi connectivity index (χ2v) is 7.37. The number of hydrogen-bond donors (Lipinski definition) is 1. The molecule has 1 unspecified atom stereocenters. The average molecular weight is 298 g/mol. The van der Waals surface area contributed by atoms with Crippen LogP contribution < -0.4 is 5.73 Å². The van der Waals surface area contributed by atoms with Gasteiger partial charge in [-0.2, -0.15) is 0 Å². The van der Waals surface area contributed by atoms with Crippen LogP contribution in [0.3, 0.4) is 0 Å². The van der Waals surface area contributed by atoms with E-state index in [1.165, 1.54) is 6.26 Å². The molecule has 1 atom stereocenters. The van der Waals surface area contributed by atoms with E-state index in [4.69, 9.17) is 10.5 Å². The molecule has 0 radical (unpaired) electrons. The Kier molecular flexibility index (Phi) is 5.01. The second kappa shape index (κ2) is 6.56. The molecule has 0 spiro atoms. The zero-order chi connectivity index (χ0) is 14.6. The van der Waals surface area contributed by atoms with Gasteiger partial charge in [0.2, 0.25) is 10.0 Å². The molecule has 20 heavy (non-hydrogen) atoms. The maximum Gasteiger partial charge on any atom is 0.211 e. The fraction of sp³-hybridized carbons (Fsp3) is 0.571. The van der Waals surface area contributed by atoms with Crippen LogP contribution in [0, 0.1) is 5.92 Å². The Morgan fingerprint density at radius 2 is 2.05 bits per heavy atom. The third-order valence-corrected chi connectivity index (χ3v) is 4.82. The maximum absolute atomic E-state index is 11.5. The Labute approximate surface area is 120 Å². The number of nitrogen functional groups attached to an aromatic ring is 1. The highest BCUT2D eigenvalue weighted by Gasteiger charge is 2.25. The minimum absolute atomic E-state index is 0.284. The van der Waals surface area contributed by atoms with Crippen molar-refractivity contribution in [2.45, 2.75) is 19.4 Å². The van der Waals surface area contributed by atoms with Crippen molar-refractivity contribution in [2.75, 3.05) is 31.7 Å². The summed E-state index contributed by atoms with van der Waals surface area (Å²) >= 11 is 0. The molecule has 0 bridgehead atoms. The lowest BCUT2D eigenvalue weighted by Crippen LogP contribution is -2.40. The topological polar surface area (TPSA) is 72.6 Å². The van der Waals surface area contributed by atoms with Crippen LogP contribution in [0.2, 0.25) is 0 Å². The number of nitrogens with zero attached hydrogens (tertiary/aromatic N) is 1. The highest BCUT2D eigenvalue weighted by atomic mass is 32.2. The molecular formula is C14H22N2O3S. The monoisotopic (exact) mass is 298 g/mol. The summed E-state index contributed by atoms with van der Waals surface area (Å²) in [4.78, 5) is 0. The molecule has 112 valence electrons. The summed E-state index contributed by atoms with van der Waals surface area (Å²) in [6, 6.07) is 7.59. The summed E-state index contributed by atoms with van der Waals surface area (Å²) in [6.45, 7) is 2.33. The van der Waals surface area contributed by atoms with Gasteiger partial charge in [-0.1, -0.05) is 12.1 Å². The highest BCUT2D eigenvalue weighted by Crippen LogP contribution is 2.19. The molecular weight excluding hydrogens is 276 g/mol. The molecule has 1 aliphatic rings. The van der Waals surface area contributed by atoms with Gasteiger partial charge in [0.15, 0.2) is 0 Å². The first-order valence-corrected chi connectivity index (χ1v) is 8.67. The third-order valence-electron chi connectivity index (χ3n) is 3.55. The molecule has 0 aliphatic carbocycles. The summed E-state index contributed by atoms with van der Waals surface area (Å²) in [5, 5.41) is 0. The standard InChI is InChI=1S/C14H22N2O3S/c1-20(17,18)16-8-2-3-13(9-16)11-19-10-12-4-6-14(15)7-5-12/h4-7,13H,2-3,8-11,15H2,1H3. The van der Waals surface area contributed by atoms with Crippen LogP contribution in [0.4, 0.5) is 5.69 Å². The van der Waals surface area contributed by atoms with E-state index in [1.54, 1.807) is 4.31 Å². The molecule has 0 saturated carbocycles. The summed E-state index contributed by atoms with van der Waals surface area (Å²) in [5.74, 6) is 0.284. The van der Waals surface area contributed by atoms with E-state index >= 15 is 0 Å². The molecule has 1 aliphatic heterocycles. The molecule has 1 aromatic rings. The quantitative estimate of drug-likeness (QED) is 0.835. The smallest absolute Gasteiger partial charge is 0.211 e. The zero-order valence-corrected chi connectivity index (χ0v) is 12.6. The van der Waals surface area contributed by atoms with Gasteiger partial charge in [0.25, 0.3) is 0 Å². The third kappa shape index (κ3) is 4.47. The van der Waals surface area contributed by atoms with E-state index in [0.29, 0.717) is 26.3 Å². The Morgan fingerprint density at radius 1 is 1.35 bits per heavy atom. The average Bonchev–Trinajstić information content (AvgIpc) is 2.40. The first-order chi connectivity index (χ1) is 9.45. The molecule has 0 aromatic heterocycles. The predicted octanol–water partition coefficient (Wildman–Crippen LogP) is 1.46. The number of piperidine rings is 1. The Bertz CT molecular complexity index is 528. The predicted molar refractivity (Wildman–Crippen MR) is 79.7 cm³/mol. The van der Waals surface area contributed by atoms with Gasteiger partial charge in [-0.25, -0.2) is 12.7 Å². The van der Waals surface area contributed by atoms with Crippen LogP contribution in [-0.2, 0) is 21.4 Å². The highest BCUT2D eigenvalue weighted by molar-refractivity contribution is 7.88. The van der Waals surface area contributed by atoms with Crippen molar-refractivity contribution in [3.8, 4) is 0 Å². The van der Waals surface area contributed by atoms with Crippen molar-refractivity contribution >= 4 is 15.7 Å². The first kappa shape index (κ1) is 15.3. The van der Waals surface area contributed by atoms with Gasteiger partial charge in [-0.15, -0.1) is 0 Å². The minimum Gasteiger partial charge on any atom is -0.399 e. The van der Waals surface area contributed by atoms with Crippen molar-refractivity contribution < 1.29 is 13.2 Å². The minimum atomic E-state index is -3.08. The Balaban J connectivity index is 1.78. The number of rotatable bonds is 5. The molecule has 2 N–H and O–H groups in total. The molecule has 1 heterocycles. The fourth-order valence-electron chi connectivity index (χ4n) is 2.42. The van der Waals surface area contributed by atoms with Crippen molar-refractivity contribution in [1.29, 1.82) is 0 Å². The number of hydrogen-bond acceptors (Lipinski definition) is 4. The van der Waals surface area contributed by atoms with Crippen molar-refractivity contribution in [3.63, 3.8) is 0 Å². The van der Waals surface area contributed by atoms with Gasteiger partial charge in [0.1, 0.15) is 0 Å². The van der Waals surface area contributed by atoms with E-state index in [0.717, 1.165) is 24.1 Å². The van der Waals surface area contributed by atoms with Gasteiger partial charge in [-0.05, 0) is 36.5 Å². The number of benzene rings is 1. The molecule has 5 nitrogen and oxygen atoms in total. The lowest BCUT2D eigenvalue weighted by molar-refractivity contribution is 0.0673. The van der Waals surface area contributed by atoms with Gasteiger partial charge in [0, 0.05) is 18.8 Å². The van der Waals surface area contributed by atoms with E-state index in [2.05, 4.69) is 0 Å². The lowest BCUT2D eigenvalue weighted by Gasteiger charge is -2.30. The summed E-state index contributed by atoms with van der Waals surface area (Å²) in [5.41, 5.74) is 7.44. The number of sulfonamides is 1. The van der Waals surface area contributed by atoms with Gasteiger partial charge in [-0.3, -0.25) is 0 Å². The van der Waals surface area contributed by atoms with Crippen molar-refractivity contribution in [2.24, 2.45) is 5.92 Å². The molecule has 2 rings (SSSR count). The largest absolute Gasteiger partial charge is 0.399 e. The normalized spacial score (nSPS) is 20.9. The Hall–Kier alpha value is -1.11. The zero-order valence-electron chi connectivity index (χ0n) is 11.8. The Morgan fingerprint density at radius 3 is 2.70 bits per heavy atom. The fourth-order valence-corrected chi connectivity index (χ4v) is 3.36. The van der Waals surface area contributed by atoms with Crippen molar-refractivity contribution in [1.82, 2.24) is 4.31 Å². The SMILES string of the molecule is CS(=O)(=O)N1CCCC(COCc2ccc(N)cc2)C1. The molecule has 1 saturated heterocycles. The first-order valence-electron chi connectivity index (χ1n) is 6.82. The van der Waals surface area contributed by atoms with E-state index in [9.17, 15) is 8.42 Å². The maximum atomic E-state index is 11.5. The summed E-state index contributed by atoms with van der Waals surface area (Å²) < 4.78 is 30.3. The van der Waals surface area contributed by atoms with Gasteiger partial charge < -0.3 is 10.5 Å². The van der Waals surface area contributed by atoms with Crippen LogP contribution in [0.5, 0.6) is 0 Å².